The normalized spacial score (nSPS) is 27.3. The van der Waals surface area contributed by atoms with E-state index in [-0.39, 0.29) is 47.5 Å². The van der Waals surface area contributed by atoms with Crippen molar-refractivity contribution in [1.82, 2.24) is 20.9 Å². The van der Waals surface area contributed by atoms with Crippen LogP contribution in [0.5, 0.6) is 0 Å². The molecule has 3 N–H and O–H groups in total. The Kier molecular flexibility index (Phi) is 21.1. The van der Waals surface area contributed by atoms with Crippen LogP contribution in [-0.2, 0) is 19.1 Å². The average Bonchev–Trinajstić information content (AvgIpc) is 3.57. The topological polar surface area (TPSA) is 126 Å². The van der Waals surface area contributed by atoms with E-state index in [0.29, 0.717) is 50.9 Å². The number of nitrogens with one attached hydrogen (secondary N) is 3. The lowest BCUT2D eigenvalue weighted by Crippen LogP contribution is -2.51. The lowest BCUT2D eigenvalue weighted by Gasteiger charge is -2.58. The van der Waals surface area contributed by atoms with Gasteiger partial charge in [0.1, 0.15) is 11.7 Å². The molecule has 0 aliphatic heterocycles. The number of carbonyl (C=O) groups is 4. The third-order valence-electron chi connectivity index (χ3n) is 16.6. The van der Waals surface area contributed by atoms with Crippen LogP contribution in [0.2, 0.25) is 0 Å². The van der Waals surface area contributed by atoms with Gasteiger partial charge in [0.25, 0.3) is 0 Å². The van der Waals surface area contributed by atoms with Crippen molar-refractivity contribution in [3.63, 3.8) is 0 Å². The quantitative estimate of drug-likeness (QED) is 0.0503. The molecule has 0 aromatic rings. The van der Waals surface area contributed by atoms with Crippen molar-refractivity contribution < 1.29 is 28.7 Å². The summed E-state index contributed by atoms with van der Waals surface area (Å²) in [7, 11) is 0. The van der Waals surface area contributed by atoms with Crippen LogP contribution in [0, 0.1) is 52.3 Å². The first-order chi connectivity index (χ1) is 30.6. The second-order valence-corrected chi connectivity index (χ2v) is 24.1. The Morgan fingerprint density at radius 3 is 2.14 bits per heavy atom. The van der Waals surface area contributed by atoms with E-state index in [9.17, 15) is 19.2 Å². The minimum atomic E-state index is -0.499. The largest absolute Gasteiger partial charge is 0.462 e. The minimum absolute atomic E-state index is 0.0587. The number of esters is 1. The molecule has 4 amide bonds. The number of rotatable bonds is 24. The molecular formula is C55H98N4O6. The first-order valence-corrected chi connectivity index (χ1v) is 26.8. The Morgan fingerprint density at radius 1 is 0.785 bits per heavy atom. The molecule has 0 aromatic carbocycles. The molecule has 9 atom stereocenters. The molecule has 3 saturated carbocycles. The van der Waals surface area contributed by atoms with Gasteiger partial charge in [-0.2, -0.15) is 0 Å². The van der Waals surface area contributed by atoms with Crippen LogP contribution in [0.15, 0.2) is 11.6 Å². The van der Waals surface area contributed by atoms with E-state index in [1.165, 1.54) is 51.4 Å². The Balaban J connectivity index is 1.21. The van der Waals surface area contributed by atoms with E-state index in [1.54, 1.807) is 5.57 Å². The maximum absolute atomic E-state index is 13.6. The Hall–Kier alpha value is -2.78. The van der Waals surface area contributed by atoms with E-state index in [0.717, 1.165) is 99.2 Å². The van der Waals surface area contributed by atoms with Gasteiger partial charge in [-0.1, -0.05) is 91.7 Å². The number of hydrogen-bond acceptors (Lipinski definition) is 6. The van der Waals surface area contributed by atoms with Crippen molar-refractivity contribution in [3.05, 3.63) is 11.6 Å². The summed E-state index contributed by atoms with van der Waals surface area (Å²) in [4.78, 5) is 52.9. The van der Waals surface area contributed by atoms with Crippen LogP contribution in [0.1, 0.15) is 218 Å². The van der Waals surface area contributed by atoms with Crippen LogP contribution in [-0.4, -0.2) is 72.3 Å². The maximum Gasteiger partial charge on any atom is 0.407 e. The summed E-state index contributed by atoms with van der Waals surface area (Å²) in [6, 6.07) is -0.205. The van der Waals surface area contributed by atoms with E-state index in [2.05, 4.69) is 63.6 Å². The molecule has 4 aliphatic rings. The fourth-order valence-corrected chi connectivity index (χ4v) is 13.0. The summed E-state index contributed by atoms with van der Waals surface area (Å²) < 4.78 is 11.5. The molecule has 1 unspecified atom stereocenters. The summed E-state index contributed by atoms with van der Waals surface area (Å²) in [5, 5.41) is 8.67. The van der Waals surface area contributed by atoms with Gasteiger partial charge in [0.2, 0.25) is 5.91 Å². The number of hydrogen-bond donors (Lipinski definition) is 3. The minimum Gasteiger partial charge on any atom is -0.462 e. The van der Waals surface area contributed by atoms with Gasteiger partial charge in [-0.15, -0.1) is 0 Å². The predicted octanol–water partition coefficient (Wildman–Crippen LogP) is 12.9. The summed E-state index contributed by atoms with van der Waals surface area (Å²) in [5.41, 5.74) is 1.41. The van der Waals surface area contributed by atoms with Crippen molar-refractivity contribution in [2.75, 3.05) is 26.2 Å². The number of urea groups is 1. The average molecular weight is 911 g/mol. The fraction of sp³-hybridized carbons (Fsp3) is 0.891. The third-order valence-corrected chi connectivity index (χ3v) is 16.6. The number of amides is 4. The molecule has 374 valence electrons. The molecule has 10 nitrogen and oxygen atoms in total. The molecule has 0 bridgehead atoms. The SMILES string of the molecule is CC[C@H](CC[C@@H](C)[C@H]1CC[C@H]2[C@@H]3CC=C4C[C@@H](OC(=O)CCCC(=O)N(CCCCCCCCNC(=O)OC(C)(C)C)CCCNC(=O)NC(C)(C)C)CC[C@]4(C)C3CC[C@]12C)C(C)C. The predicted molar refractivity (Wildman–Crippen MR) is 265 cm³/mol. The highest BCUT2D eigenvalue weighted by atomic mass is 16.6. The summed E-state index contributed by atoms with van der Waals surface area (Å²) in [5.74, 6) is 5.53. The van der Waals surface area contributed by atoms with Crippen LogP contribution in [0.25, 0.3) is 0 Å². The third kappa shape index (κ3) is 16.7. The summed E-state index contributed by atoms with van der Waals surface area (Å²) in [6.45, 7) is 28.7. The zero-order valence-corrected chi connectivity index (χ0v) is 43.8. The Labute approximate surface area is 397 Å². The zero-order valence-electron chi connectivity index (χ0n) is 43.8. The Morgan fingerprint density at radius 2 is 1.46 bits per heavy atom. The molecule has 0 saturated heterocycles. The molecule has 3 fully saturated rings. The van der Waals surface area contributed by atoms with Gasteiger partial charge in [0.15, 0.2) is 0 Å². The van der Waals surface area contributed by atoms with Gasteiger partial charge in [-0.25, -0.2) is 9.59 Å². The molecule has 65 heavy (non-hydrogen) atoms. The second-order valence-electron chi connectivity index (χ2n) is 24.1. The molecule has 0 aromatic heterocycles. The number of fused-ring (bicyclic) bond motifs is 5. The van der Waals surface area contributed by atoms with E-state index >= 15 is 0 Å². The van der Waals surface area contributed by atoms with Gasteiger partial charge in [-0.05, 0) is 171 Å². The van der Waals surface area contributed by atoms with Gasteiger partial charge in [0, 0.05) is 51.0 Å². The van der Waals surface area contributed by atoms with Gasteiger partial charge in [-0.3, -0.25) is 9.59 Å². The van der Waals surface area contributed by atoms with Crippen LogP contribution in [0.4, 0.5) is 9.59 Å². The van der Waals surface area contributed by atoms with Crippen LogP contribution >= 0.6 is 0 Å². The van der Waals surface area contributed by atoms with Gasteiger partial charge < -0.3 is 30.3 Å². The Bertz CT molecular complexity index is 1550. The summed E-state index contributed by atoms with van der Waals surface area (Å²) in [6.07, 6.45) is 23.5. The first-order valence-electron chi connectivity index (χ1n) is 26.8. The maximum atomic E-state index is 13.6. The van der Waals surface area contributed by atoms with Gasteiger partial charge >= 0.3 is 18.1 Å². The highest BCUT2D eigenvalue weighted by Gasteiger charge is 2.59. The molecule has 10 heteroatoms. The standard InChI is InChI=1S/C55H98N4O6/c1-13-41(39(2)3)25-24-40(4)45-28-29-46-44-27-26-42-38-43(30-32-54(42,11)47(44)31-33-55(45,46)12)64-49(61)23-20-22-48(60)59(37-21-35-56-50(62)58-52(5,6)7)36-19-17-15-14-16-18-34-57-51(63)65-53(8,9)10/h26,39-41,43-47H,13-25,27-38H2,1-12H3,(H,57,63)(H2,56,58,62)/t40-,41-,43+,44+,45-,46+,47?,54+,55-/m1/s1. The monoisotopic (exact) mass is 911 g/mol. The zero-order chi connectivity index (χ0) is 48.0. The number of unbranched alkanes of at least 4 members (excludes halogenated alkanes) is 5. The highest BCUT2D eigenvalue weighted by Crippen LogP contribution is 2.67. The number of carbonyl (C=O) groups excluding carboxylic acids is 4. The molecule has 0 spiro atoms. The first kappa shape index (κ1) is 54.8. The van der Waals surface area contributed by atoms with Crippen molar-refractivity contribution >= 4 is 24.0 Å². The number of nitrogens with zero attached hydrogens (tertiary/aromatic N) is 1. The lowest BCUT2D eigenvalue weighted by atomic mass is 9.47. The highest BCUT2D eigenvalue weighted by molar-refractivity contribution is 5.77. The number of allylic oxidation sites excluding steroid dienone is 1. The van der Waals surface area contributed by atoms with E-state index < -0.39 is 5.60 Å². The molecular weight excluding hydrogens is 813 g/mol. The fourth-order valence-electron chi connectivity index (χ4n) is 13.0. The number of ether oxygens (including phenoxy) is 2. The van der Waals surface area contributed by atoms with Crippen molar-refractivity contribution in [2.45, 2.75) is 235 Å². The van der Waals surface area contributed by atoms with Crippen LogP contribution < -0.4 is 16.0 Å². The molecule has 4 aliphatic carbocycles. The molecule has 4 rings (SSSR count). The van der Waals surface area contributed by atoms with E-state index in [1.807, 2.05) is 46.4 Å². The van der Waals surface area contributed by atoms with E-state index in [4.69, 9.17) is 9.47 Å². The lowest BCUT2D eigenvalue weighted by molar-refractivity contribution is -0.151. The molecule has 0 heterocycles. The van der Waals surface area contributed by atoms with Crippen molar-refractivity contribution in [2.24, 2.45) is 52.3 Å². The van der Waals surface area contributed by atoms with Crippen LogP contribution in [0.3, 0.4) is 0 Å². The summed E-state index contributed by atoms with van der Waals surface area (Å²) >= 11 is 0. The number of alkyl carbamates (subject to hydrolysis) is 1. The smallest absolute Gasteiger partial charge is 0.407 e. The molecule has 0 radical (unpaired) electrons. The van der Waals surface area contributed by atoms with Gasteiger partial charge in [0.05, 0.1) is 0 Å². The van der Waals surface area contributed by atoms with Crippen molar-refractivity contribution in [1.29, 1.82) is 0 Å². The van der Waals surface area contributed by atoms with Crippen molar-refractivity contribution in [3.8, 4) is 0 Å². The second kappa shape index (κ2) is 25.0.